The minimum absolute atomic E-state index is 0.0189. The molecular weight excluding hydrogens is 258 g/mol. The van der Waals surface area contributed by atoms with Gasteiger partial charge in [-0.05, 0) is 26.0 Å². The first-order valence-corrected chi connectivity index (χ1v) is 6.34. The van der Waals surface area contributed by atoms with Gasteiger partial charge in [-0.3, -0.25) is 9.59 Å². The number of benzene rings is 1. The van der Waals surface area contributed by atoms with Gasteiger partial charge in [-0.1, -0.05) is 6.07 Å². The summed E-state index contributed by atoms with van der Waals surface area (Å²) >= 11 is 0. The number of anilines is 1. The SMILES string of the molecule is COc1c(N)cccc1C(=O)N(C)CC(=O)NC(C)C. The molecule has 0 aliphatic rings. The van der Waals surface area contributed by atoms with E-state index in [1.807, 2.05) is 13.8 Å². The summed E-state index contributed by atoms with van der Waals surface area (Å²) in [7, 11) is 3.01. The number of nitrogens with two attached hydrogens (primary N) is 1. The average Bonchev–Trinajstić information content (AvgIpc) is 2.36. The first kappa shape index (κ1) is 15.8. The van der Waals surface area contributed by atoms with Gasteiger partial charge in [0.2, 0.25) is 5.91 Å². The van der Waals surface area contributed by atoms with Crippen molar-refractivity contribution in [2.75, 3.05) is 26.4 Å². The Morgan fingerprint density at radius 1 is 1.40 bits per heavy atom. The topological polar surface area (TPSA) is 84.7 Å². The second-order valence-corrected chi connectivity index (χ2v) is 4.81. The maximum atomic E-state index is 12.3. The minimum atomic E-state index is -0.312. The van der Waals surface area contributed by atoms with Crippen molar-refractivity contribution < 1.29 is 14.3 Å². The number of hydrogen-bond acceptors (Lipinski definition) is 4. The third-order valence-electron chi connectivity index (χ3n) is 2.66. The quantitative estimate of drug-likeness (QED) is 0.783. The largest absolute Gasteiger partial charge is 0.494 e. The Kier molecular flexibility index (Phi) is 5.37. The molecule has 110 valence electrons. The predicted octanol–water partition coefficient (Wildman–Crippen LogP) is 0.874. The van der Waals surface area contributed by atoms with Crippen LogP contribution in [-0.4, -0.2) is 43.5 Å². The molecule has 0 atom stereocenters. The molecule has 6 nitrogen and oxygen atoms in total. The molecule has 0 fully saturated rings. The zero-order chi connectivity index (χ0) is 15.3. The number of nitrogens with zero attached hydrogens (tertiary/aromatic N) is 1. The number of likely N-dealkylation sites (N-methyl/N-ethyl adjacent to an activating group) is 1. The van der Waals surface area contributed by atoms with E-state index in [0.29, 0.717) is 17.0 Å². The number of amides is 2. The third-order valence-corrected chi connectivity index (χ3v) is 2.66. The summed E-state index contributed by atoms with van der Waals surface area (Å²) in [6.45, 7) is 3.70. The molecule has 0 unspecified atom stereocenters. The second kappa shape index (κ2) is 6.79. The number of carbonyl (C=O) groups is 2. The highest BCUT2D eigenvalue weighted by Gasteiger charge is 2.20. The number of hydrogen-bond donors (Lipinski definition) is 2. The number of para-hydroxylation sites is 1. The molecule has 0 spiro atoms. The van der Waals surface area contributed by atoms with Crippen LogP contribution >= 0.6 is 0 Å². The van der Waals surface area contributed by atoms with E-state index in [-0.39, 0.29) is 24.4 Å². The van der Waals surface area contributed by atoms with Crippen LogP contribution in [0.3, 0.4) is 0 Å². The van der Waals surface area contributed by atoms with Crippen LogP contribution in [0.15, 0.2) is 18.2 Å². The van der Waals surface area contributed by atoms with E-state index in [4.69, 9.17) is 10.5 Å². The second-order valence-electron chi connectivity index (χ2n) is 4.81. The Bertz CT molecular complexity index is 500. The lowest BCUT2D eigenvalue weighted by molar-refractivity contribution is -0.122. The lowest BCUT2D eigenvalue weighted by Gasteiger charge is -2.19. The van der Waals surface area contributed by atoms with Crippen LogP contribution in [-0.2, 0) is 4.79 Å². The van der Waals surface area contributed by atoms with Crippen LogP contribution < -0.4 is 15.8 Å². The Labute approximate surface area is 118 Å². The fourth-order valence-corrected chi connectivity index (χ4v) is 1.81. The van der Waals surface area contributed by atoms with Crippen molar-refractivity contribution in [3.05, 3.63) is 23.8 Å². The van der Waals surface area contributed by atoms with Crippen molar-refractivity contribution in [2.45, 2.75) is 19.9 Å². The zero-order valence-electron chi connectivity index (χ0n) is 12.3. The van der Waals surface area contributed by atoms with Gasteiger partial charge >= 0.3 is 0 Å². The number of ether oxygens (including phenoxy) is 1. The molecule has 0 heterocycles. The Morgan fingerprint density at radius 3 is 2.60 bits per heavy atom. The predicted molar refractivity (Wildman–Crippen MR) is 77.6 cm³/mol. The summed E-state index contributed by atoms with van der Waals surface area (Å²) in [6, 6.07) is 4.98. The standard InChI is InChI=1S/C14H21N3O3/c1-9(2)16-12(18)8-17(3)14(19)10-6-5-7-11(15)13(10)20-4/h5-7,9H,8,15H2,1-4H3,(H,16,18). The van der Waals surface area contributed by atoms with Gasteiger partial charge < -0.3 is 20.7 Å². The van der Waals surface area contributed by atoms with Crippen LogP contribution in [0.2, 0.25) is 0 Å². The lowest BCUT2D eigenvalue weighted by atomic mass is 10.1. The average molecular weight is 279 g/mol. The number of carbonyl (C=O) groups excluding carboxylic acids is 2. The Balaban J connectivity index is 2.85. The van der Waals surface area contributed by atoms with Gasteiger partial charge in [0.05, 0.1) is 24.9 Å². The molecule has 1 rings (SSSR count). The summed E-state index contributed by atoms with van der Waals surface area (Å²) in [4.78, 5) is 25.3. The van der Waals surface area contributed by atoms with E-state index in [1.54, 1.807) is 25.2 Å². The molecular formula is C14H21N3O3. The normalized spacial score (nSPS) is 10.2. The van der Waals surface area contributed by atoms with Crippen molar-refractivity contribution >= 4 is 17.5 Å². The van der Waals surface area contributed by atoms with Gasteiger partial charge in [0, 0.05) is 13.1 Å². The summed E-state index contributed by atoms with van der Waals surface area (Å²) in [6.07, 6.45) is 0. The van der Waals surface area contributed by atoms with Crippen LogP contribution in [0.25, 0.3) is 0 Å². The molecule has 1 aromatic rings. The van der Waals surface area contributed by atoms with Crippen LogP contribution in [0, 0.1) is 0 Å². The van der Waals surface area contributed by atoms with Crippen LogP contribution in [0.1, 0.15) is 24.2 Å². The highest BCUT2D eigenvalue weighted by Crippen LogP contribution is 2.26. The summed E-state index contributed by atoms with van der Waals surface area (Å²) in [5.74, 6) is -0.194. The van der Waals surface area contributed by atoms with Crippen LogP contribution in [0.5, 0.6) is 5.75 Å². The summed E-state index contributed by atoms with van der Waals surface area (Å²) in [5.41, 5.74) is 6.49. The number of rotatable bonds is 5. The van der Waals surface area contributed by atoms with Crippen molar-refractivity contribution in [1.82, 2.24) is 10.2 Å². The van der Waals surface area contributed by atoms with Gasteiger partial charge in [0.25, 0.3) is 5.91 Å². The van der Waals surface area contributed by atoms with Gasteiger partial charge in [-0.15, -0.1) is 0 Å². The minimum Gasteiger partial charge on any atom is -0.494 e. The number of nitrogens with one attached hydrogen (secondary N) is 1. The first-order chi connectivity index (χ1) is 9.36. The molecule has 0 aliphatic carbocycles. The monoisotopic (exact) mass is 279 g/mol. The molecule has 0 aliphatic heterocycles. The summed E-state index contributed by atoms with van der Waals surface area (Å²) < 4.78 is 5.14. The Morgan fingerprint density at radius 2 is 2.05 bits per heavy atom. The highest BCUT2D eigenvalue weighted by atomic mass is 16.5. The molecule has 6 heteroatoms. The van der Waals surface area contributed by atoms with Crippen molar-refractivity contribution in [3.63, 3.8) is 0 Å². The molecule has 20 heavy (non-hydrogen) atoms. The van der Waals surface area contributed by atoms with Crippen molar-refractivity contribution in [2.24, 2.45) is 0 Å². The molecule has 1 aromatic carbocycles. The number of nitrogen functional groups attached to an aromatic ring is 1. The molecule has 2 amide bonds. The van der Waals surface area contributed by atoms with Crippen molar-refractivity contribution in [3.8, 4) is 5.75 Å². The third kappa shape index (κ3) is 3.88. The molecule has 0 saturated heterocycles. The lowest BCUT2D eigenvalue weighted by Crippen LogP contribution is -2.40. The molecule has 0 aromatic heterocycles. The van der Waals surface area contributed by atoms with Gasteiger partial charge in [-0.25, -0.2) is 0 Å². The van der Waals surface area contributed by atoms with Crippen LogP contribution in [0.4, 0.5) is 5.69 Å². The van der Waals surface area contributed by atoms with E-state index in [0.717, 1.165) is 0 Å². The molecule has 0 radical (unpaired) electrons. The smallest absolute Gasteiger partial charge is 0.257 e. The van der Waals surface area contributed by atoms with Crippen molar-refractivity contribution in [1.29, 1.82) is 0 Å². The van der Waals surface area contributed by atoms with Gasteiger partial charge in [-0.2, -0.15) is 0 Å². The summed E-state index contributed by atoms with van der Waals surface area (Å²) in [5, 5.41) is 2.73. The molecule has 0 bridgehead atoms. The van der Waals surface area contributed by atoms with E-state index in [2.05, 4.69) is 5.32 Å². The molecule has 3 N–H and O–H groups in total. The number of methoxy groups -OCH3 is 1. The fourth-order valence-electron chi connectivity index (χ4n) is 1.81. The first-order valence-electron chi connectivity index (χ1n) is 6.34. The maximum absolute atomic E-state index is 12.3. The van der Waals surface area contributed by atoms with Gasteiger partial charge in [0.15, 0.2) is 5.75 Å². The van der Waals surface area contributed by atoms with E-state index in [1.165, 1.54) is 12.0 Å². The molecule has 0 saturated carbocycles. The highest BCUT2D eigenvalue weighted by molar-refractivity contribution is 6.00. The maximum Gasteiger partial charge on any atom is 0.257 e. The Hall–Kier alpha value is -2.24. The van der Waals surface area contributed by atoms with E-state index < -0.39 is 0 Å². The fraction of sp³-hybridized carbons (Fsp3) is 0.429. The zero-order valence-corrected chi connectivity index (χ0v) is 12.3. The van der Waals surface area contributed by atoms with E-state index >= 15 is 0 Å². The van der Waals surface area contributed by atoms with E-state index in [9.17, 15) is 9.59 Å². The van der Waals surface area contributed by atoms with Gasteiger partial charge in [0.1, 0.15) is 0 Å².